The highest BCUT2D eigenvalue weighted by Gasteiger charge is 2.52. The van der Waals surface area contributed by atoms with Crippen molar-refractivity contribution in [1.29, 1.82) is 0 Å². The number of aliphatic hydroxyl groups is 1. The lowest BCUT2D eigenvalue weighted by Crippen LogP contribution is -2.49. The number of carbonyl (C=O) groups is 2. The van der Waals surface area contributed by atoms with Crippen LogP contribution in [0.25, 0.3) is 0 Å². The minimum Gasteiger partial charge on any atom is -0.469 e. The van der Waals surface area contributed by atoms with Crippen LogP contribution in [0.3, 0.4) is 0 Å². The molecule has 6 nitrogen and oxygen atoms in total. The predicted octanol–water partition coefficient (Wildman–Crippen LogP) is 3.70. The van der Waals surface area contributed by atoms with Crippen LogP contribution in [0.1, 0.15) is 30.4 Å². The highest BCUT2D eigenvalue weighted by atomic mass is 19.1. The van der Waals surface area contributed by atoms with Gasteiger partial charge in [-0.2, -0.15) is 0 Å². The van der Waals surface area contributed by atoms with Crippen LogP contribution in [-0.2, 0) is 19.1 Å². The summed E-state index contributed by atoms with van der Waals surface area (Å²) in [5.74, 6) is -3.77. The van der Waals surface area contributed by atoms with Gasteiger partial charge in [-0.05, 0) is 43.7 Å². The van der Waals surface area contributed by atoms with E-state index in [9.17, 15) is 19.1 Å². The number of methoxy groups -OCH3 is 2. The normalized spacial score (nSPS) is 23.3. The Hall–Kier alpha value is -3.19. The molecule has 0 radical (unpaired) electrons. The number of hydrogen-bond acceptors (Lipinski definition) is 6. The summed E-state index contributed by atoms with van der Waals surface area (Å²) in [5, 5.41) is 14.5. The van der Waals surface area contributed by atoms with Crippen molar-refractivity contribution in [2.75, 3.05) is 19.5 Å². The molecule has 7 heteroatoms. The summed E-state index contributed by atoms with van der Waals surface area (Å²) in [5.41, 5.74) is 1.34. The molecule has 2 N–H and O–H groups in total. The van der Waals surface area contributed by atoms with Crippen LogP contribution in [0.15, 0.2) is 59.8 Å². The van der Waals surface area contributed by atoms with Gasteiger partial charge in [0.25, 0.3) is 0 Å². The lowest BCUT2D eigenvalue weighted by atomic mass is 9.66. The maximum atomic E-state index is 13.6. The summed E-state index contributed by atoms with van der Waals surface area (Å²) in [6.45, 7) is 3.48. The summed E-state index contributed by atoms with van der Waals surface area (Å²) in [4.78, 5) is 25.7. The van der Waals surface area contributed by atoms with Crippen LogP contribution in [0.2, 0.25) is 0 Å². The highest BCUT2D eigenvalue weighted by molar-refractivity contribution is 5.94. The first kappa shape index (κ1) is 22.5. The second kappa shape index (κ2) is 8.89. The largest absolute Gasteiger partial charge is 0.469 e. The van der Waals surface area contributed by atoms with E-state index in [4.69, 9.17) is 9.47 Å². The molecule has 0 amide bonds. The molecule has 1 aliphatic carbocycles. The molecule has 0 aliphatic heterocycles. The molecule has 1 aliphatic rings. The first-order valence-electron chi connectivity index (χ1n) is 9.88. The third-order valence-electron chi connectivity index (χ3n) is 5.61. The van der Waals surface area contributed by atoms with Crippen molar-refractivity contribution in [3.8, 4) is 0 Å². The fourth-order valence-electron chi connectivity index (χ4n) is 4.11. The van der Waals surface area contributed by atoms with E-state index in [1.165, 1.54) is 45.4 Å². The van der Waals surface area contributed by atoms with Gasteiger partial charge in [0.1, 0.15) is 5.82 Å². The van der Waals surface area contributed by atoms with Crippen molar-refractivity contribution in [3.63, 3.8) is 0 Å². The van der Waals surface area contributed by atoms with E-state index in [0.29, 0.717) is 16.9 Å². The number of rotatable bonds is 5. The van der Waals surface area contributed by atoms with Gasteiger partial charge in [-0.1, -0.05) is 29.8 Å². The van der Waals surface area contributed by atoms with Crippen LogP contribution in [0.5, 0.6) is 0 Å². The van der Waals surface area contributed by atoms with Gasteiger partial charge in [0.05, 0.1) is 31.3 Å². The van der Waals surface area contributed by atoms with E-state index in [1.807, 2.05) is 31.2 Å². The average Bonchev–Trinajstić information content (AvgIpc) is 2.74. The first-order valence-corrected chi connectivity index (χ1v) is 9.88. The van der Waals surface area contributed by atoms with Gasteiger partial charge < -0.3 is 19.9 Å². The molecule has 0 heterocycles. The third kappa shape index (κ3) is 4.61. The van der Waals surface area contributed by atoms with Crippen molar-refractivity contribution in [3.05, 3.63) is 76.7 Å². The number of aryl methyl sites for hydroxylation is 1. The molecule has 0 unspecified atom stereocenters. The van der Waals surface area contributed by atoms with Gasteiger partial charge in [-0.3, -0.25) is 4.79 Å². The fraction of sp³-hybridized carbons (Fsp3) is 0.333. The Bertz CT molecular complexity index is 996. The minimum atomic E-state index is -1.54. The molecule has 0 aromatic heterocycles. The number of carbonyl (C=O) groups excluding carboxylic acids is 2. The molecule has 2 aromatic carbocycles. The zero-order valence-corrected chi connectivity index (χ0v) is 17.9. The van der Waals surface area contributed by atoms with E-state index < -0.39 is 35.2 Å². The van der Waals surface area contributed by atoms with Crippen molar-refractivity contribution in [1.82, 2.24) is 0 Å². The zero-order valence-electron chi connectivity index (χ0n) is 17.9. The molecular formula is C24H26FNO5. The SMILES string of the molecule is COC(=O)C1=C(Nc2ccc(C)cc2)C[C@@](C)(O)[C@@H](C(=O)OC)[C@@H]1c1ccc(F)cc1. The van der Waals surface area contributed by atoms with Gasteiger partial charge in [-0.15, -0.1) is 0 Å². The summed E-state index contributed by atoms with van der Waals surface area (Å²) in [7, 11) is 2.47. The monoisotopic (exact) mass is 427 g/mol. The number of halogens is 1. The first-order chi connectivity index (χ1) is 14.7. The summed E-state index contributed by atoms with van der Waals surface area (Å²) < 4.78 is 23.6. The topological polar surface area (TPSA) is 84.9 Å². The number of hydrogen-bond donors (Lipinski definition) is 2. The Morgan fingerprint density at radius 2 is 1.68 bits per heavy atom. The van der Waals surface area contributed by atoms with Crippen LogP contribution in [0.4, 0.5) is 10.1 Å². The number of ether oxygens (including phenoxy) is 2. The van der Waals surface area contributed by atoms with E-state index in [2.05, 4.69) is 5.32 Å². The summed E-state index contributed by atoms with van der Waals surface area (Å²) >= 11 is 0. The number of esters is 2. The highest BCUT2D eigenvalue weighted by Crippen LogP contribution is 2.48. The van der Waals surface area contributed by atoms with Gasteiger partial charge in [0.2, 0.25) is 0 Å². The Labute approximate surface area is 180 Å². The Kier molecular flexibility index (Phi) is 6.45. The Morgan fingerprint density at radius 1 is 1.06 bits per heavy atom. The van der Waals surface area contributed by atoms with Crippen LogP contribution in [0, 0.1) is 18.7 Å². The predicted molar refractivity (Wildman–Crippen MR) is 114 cm³/mol. The fourth-order valence-corrected chi connectivity index (χ4v) is 4.11. The maximum Gasteiger partial charge on any atom is 0.336 e. The van der Waals surface area contributed by atoms with Crippen LogP contribution in [-0.4, -0.2) is 36.9 Å². The van der Waals surface area contributed by atoms with Crippen molar-refractivity contribution in [2.24, 2.45) is 5.92 Å². The molecule has 0 bridgehead atoms. The van der Waals surface area contributed by atoms with E-state index in [0.717, 1.165) is 5.56 Å². The molecule has 0 saturated carbocycles. The number of benzene rings is 2. The minimum absolute atomic E-state index is 0.0111. The van der Waals surface area contributed by atoms with Crippen molar-refractivity contribution in [2.45, 2.75) is 31.8 Å². The Morgan fingerprint density at radius 3 is 2.23 bits per heavy atom. The second-order valence-electron chi connectivity index (χ2n) is 7.94. The molecule has 164 valence electrons. The number of nitrogens with one attached hydrogen (secondary N) is 1. The molecular weight excluding hydrogens is 401 g/mol. The average molecular weight is 427 g/mol. The Balaban J connectivity index is 2.23. The molecule has 0 fully saturated rings. The van der Waals surface area contributed by atoms with Gasteiger partial charge >= 0.3 is 11.9 Å². The molecule has 3 atom stereocenters. The second-order valence-corrected chi connectivity index (χ2v) is 7.94. The molecule has 2 aromatic rings. The number of anilines is 1. The van der Waals surface area contributed by atoms with E-state index in [1.54, 1.807) is 0 Å². The van der Waals surface area contributed by atoms with Crippen molar-refractivity contribution >= 4 is 17.6 Å². The lowest BCUT2D eigenvalue weighted by Gasteiger charge is -2.42. The molecule has 0 spiro atoms. The quantitative estimate of drug-likeness (QED) is 0.708. The van der Waals surface area contributed by atoms with Crippen molar-refractivity contribution < 1.29 is 28.6 Å². The van der Waals surface area contributed by atoms with E-state index in [-0.39, 0.29) is 12.0 Å². The van der Waals surface area contributed by atoms with Gasteiger partial charge in [0.15, 0.2) is 0 Å². The van der Waals surface area contributed by atoms with E-state index >= 15 is 0 Å². The maximum absolute atomic E-state index is 13.6. The zero-order chi connectivity index (χ0) is 22.8. The molecule has 0 saturated heterocycles. The standard InChI is InChI=1S/C24H26FNO5/c1-14-5-11-17(12-6-14)26-18-13-24(2,29)21(23(28)31-4)19(20(18)22(27)30-3)15-7-9-16(25)10-8-15/h5-12,19,21,26,29H,13H2,1-4H3/t19-,21-,24-/m1/s1. The lowest BCUT2D eigenvalue weighted by molar-refractivity contribution is -0.157. The molecule has 31 heavy (non-hydrogen) atoms. The van der Waals surface area contributed by atoms with Gasteiger partial charge in [-0.25, -0.2) is 9.18 Å². The summed E-state index contributed by atoms with van der Waals surface area (Å²) in [6, 6.07) is 13.0. The van der Waals surface area contributed by atoms with Crippen LogP contribution >= 0.6 is 0 Å². The third-order valence-corrected chi connectivity index (χ3v) is 5.61. The van der Waals surface area contributed by atoms with Gasteiger partial charge in [0, 0.05) is 23.7 Å². The smallest absolute Gasteiger partial charge is 0.336 e. The summed E-state index contributed by atoms with van der Waals surface area (Å²) in [6.07, 6.45) is -0.0111. The molecule has 3 rings (SSSR count). The van der Waals surface area contributed by atoms with Crippen LogP contribution < -0.4 is 5.32 Å².